The number of hydrogen-bond acceptors (Lipinski definition) is 3. The van der Waals surface area contributed by atoms with Gasteiger partial charge in [-0.3, -0.25) is 4.79 Å². The van der Waals surface area contributed by atoms with Crippen molar-refractivity contribution in [3.63, 3.8) is 0 Å². The molecule has 29 heavy (non-hydrogen) atoms. The van der Waals surface area contributed by atoms with E-state index in [1.54, 1.807) is 14.2 Å². The van der Waals surface area contributed by atoms with Crippen LogP contribution in [0.2, 0.25) is 0 Å². The summed E-state index contributed by atoms with van der Waals surface area (Å²) < 4.78 is 13.1. The molecule has 152 valence electrons. The number of nitrogens with two attached hydrogens (primary N) is 1. The van der Waals surface area contributed by atoms with Crippen LogP contribution in [0.3, 0.4) is 0 Å². The molecule has 0 atom stereocenters. The van der Waals surface area contributed by atoms with E-state index in [1.165, 1.54) is 0 Å². The number of ether oxygens (including phenoxy) is 2. The Bertz CT molecular complexity index is 1050. The van der Waals surface area contributed by atoms with Crippen molar-refractivity contribution in [3.05, 3.63) is 70.5 Å². The third-order valence-electron chi connectivity index (χ3n) is 5.42. The van der Waals surface area contributed by atoms with E-state index in [0.717, 1.165) is 51.6 Å². The van der Waals surface area contributed by atoms with E-state index in [2.05, 4.69) is 11.5 Å². The summed E-state index contributed by atoms with van der Waals surface area (Å²) in [5.74, 6) is 1.22. The minimum Gasteiger partial charge on any atom is -0.496 e. The summed E-state index contributed by atoms with van der Waals surface area (Å²) in [6, 6.07) is 13.9. The number of rotatable bonds is 7. The highest BCUT2D eigenvalue weighted by atomic mass is 16.5. The van der Waals surface area contributed by atoms with Crippen LogP contribution < -0.4 is 15.2 Å². The largest absolute Gasteiger partial charge is 0.496 e. The van der Waals surface area contributed by atoms with Gasteiger partial charge in [-0.1, -0.05) is 31.2 Å². The van der Waals surface area contributed by atoms with Crippen LogP contribution in [0.15, 0.2) is 42.5 Å². The van der Waals surface area contributed by atoms with Crippen molar-refractivity contribution in [1.82, 2.24) is 4.57 Å². The molecule has 0 saturated heterocycles. The fourth-order valence-electron chi connectivity index (χ4n) is 4.03. The molecule has 0 bridgehead atoms. The molecule has 0 spiro atoms. The van der Waals surface area contributed by atoms with E-state index in [4.69, 9.17) is 15.2 Å². The molecule has 0 saturated carbocycles. The van der Waals surface area contributed by atoms with Crippen LogP contribution in [0.5, 0.6) is 11.5 Å². The van der Waals surface area contributed by atoms with Crippen LogP contribution >= 0.6 is 0 Å². The van der Waals surface area contributed by atoms with Gasteiger partial charge in [-0.25, -0.2) is 0 Å². The summed E-state index contributed by atoms with van der Waals surface area (Å²) in [6.45, 7) is 6.65. The number of amides is 1. The van der Waals surface area contributed by atoms with Gasteiger partial charge in [0.25, 0.3) is 5.91 Å². The van der Waals surface area contributed by atoms with E-state index in [0.29, 0.717) is 12.1 Å². The Labute approximate surface area is 172 Å². The number of primary amides is 1. The number of methoxy groups -OCH3 is 2. The topological polar surface area (TPSA) is 66.5 Å². The molecule has 0 aliphatic heterocycles. The maximum absolute atomic E-state index is 12.4. The van der Waals surface area contributed by atoms with Crippen LogP contribution in [-0.2, 0) is 13.0 Å². The highest BCUT2D eigenvalue weighted by molar-refractivity contribution is 6.02. The van der Waals surface area contributed by atoms with Crippen LogP contribution in [0.4, 0.5) is 0 Å². The van der Waals surface area contributed by atoms with Gasteiger partial charge in [0.2, 0.25) is 0 Å². The molecule has 3 rings (SSSR count). The second-order valence-electron chi connectivity index (χ2n) is 7.08. The molecule has 0 radical (unpaired) electrons. The zero-order chi connectivity index (χ0) is 21.1. The highest BCUT2D eigenvalue weighted by Gasteiger charge is 2.24. The predicted molar refractivity (Wildman–Crippen MR) is 116 cm³/mol. The Morgan fingerprint density at radius 3 is 2.31 bits per heavy atom. The monoisotopic (exact) mass is 392 g/mol. The molecule has 1 heterocycles. The van der Waals surface area contributed by atoms with Crippen molar-refractivity contribution in [1.29, 1.82) is 0 Å². The maximum Gasteiger partial charge on any atom is 0.251 e. The third kappa shape index (κ3) is 3.73. The highest BCUT2D eigenvalue weighted by Crippen LogP contribution is 2.36. The zero-order valence-corrected chi connectivity index (χ0v) is 17.7. The van der Waals surface area contributed by atoms with Crippen molar-refractivity contribution < 1.29 is 14.3 Å². The summed E-state index contributed by atoms with van der Waals surface area (Å²) in [5.41, 5.74) is 12.3. The summed E-state index contributed by atoms with van der Waals surface area (Å²) in [5, 5.41) is 0. The average molecular weight is 392 g/mol. The zero-order valence-electron chi connectivity index (χ0n) is 17.7. The molecular weight excluding hydrogens is 364 g/mol. The lowest BCUT2D eigenvalue weighted by atomic mass is 9.97. The van der Waals surface area contributed by atoms with Crippen molar-refractivity contribution in [3.8, 4) is 22.6 Å². The Morgan fingerprint density at radius 2 is 1.72 bits per heavy atom. The number of carbonyl (C=O) groups excluding carboxylic acids is 1. The second kappa shape index (κ2) is 8.43. The molecule has 5 heteroatoms. The second-order valence-corrected chi connectivity index (χ2v) is 7.08. The first-order valence-corrected chi connectivity index (χ1v) is 9.71. The maximum atomic E-state index is 12.4. The molecule has 1 amide bonds. The van der Waals surface area contributed by atoms with Gasteiger partial charge in [-0.2, -0.15) is 0 Å². The van der Waals surface area contributed by atoms with Gasteiger partial charge < -0.3 is 19.8 Å². The first-order chi connectivity index (χ1) is 13.9. The minimum atomic E-state index is -0.417. The number of nitrogens with zero attached hydrogens (tertiary/aromatic N) is 1. The smallest absolute Gasteiger partial charge is 0.251 e. The van der Waals surface area contributed by atoms with E-state index in [1.807, 2.05) is 56.3 Å². The summed E-state index contributed by atoms with van der Waals surface area (Å²) in [4.78, 5) is 12.4. The van der Waals surface area contributed by atoms with Crippen molar-refractivity contribution in [2.75, 3.05) is 14.2 Å². The summed E-state index contributed by atoms with van der Waals surface area (Å²) in [6.07, 6.45) is 0.768. The van der Waals surface area contributed by atoms with E-state index < -0.39 is 5.91 Å². The molecular formula is C24H28N2O3. The Hall–Kier alpha value is -3.21. The van der Waals surface area contributed by atoms with Crippen molar-refractivity contribution in [2.45, 2.75) is 33.7 Å². The average Bonchev–Trinajstić information content (AvgIpc) is 3.00. The molecule has 2 aromatic carbocycles. The van der Waals surface area contributed by atoms with Gasteiger partial charge in [0.1, 0.15) is 11.5 Å². The van der Waals surface area contributed by atoms with Crippen LogP contribution in [0.1, 0.15) is 39.8 Å². The lowest BCUT2D eigenvalue weighted by Gasteiger charge is -2.15. The normalized spacial score (nSPS) is 10.8. The Morgan fingerprint density at radius 1 is 1.03 bits per heavy atom. The number of hydrogen-bond donors (Lipinski definition) is 1. The van der Waals surface area contributed by atoms with Gasteiger partial charge in [-0.15, -0.1) is 0 Å². The van der Waals surface area contributed by atoms with Gasteiger partial charge in [-0.05, 0) is 49.6 Å². The van der Waals surface area contributed by atoms with Gasteiger partial charge in [0.15, 0.2) is 0 Å². The minimum absolute atomic E-state index is 0.417. The number of aryl methyl sites for hydroxylation is 1. The number of para-hydroxylation sites is 1. The number of aromatic nitrogens is 1. The standard InChI is InChI=1S/C24H28N2O3/c1-6-19-23(17-11-12-20(28-4)15(2)13-17)22(24(25)27)16(3)26(19)14-18-9-7-8-10-21(18)29-5/h7-13H,6,14H2,1-5H3,(H2,25,27). The third-order valence-corrected chi connectivity index (χ3v) is 5.42. The van der Waals surface area contributed by atoms with E-state index >= 15 is 0 Å². The van der Waals surface area contributed by atoms with Gasteiger partial charge >= 0.3 is 0 Å². The van der Waals surface area contributed by atoms with Crippen LogP contribution in [-0.4, -0.2) is 24.7 Å². The van der Waals surface area contributed by atoms with Gasteiger partial charge in [0.05, 0.1) is 26.3 Å². The summed E-state index contributed by atoms with van der Waals surface area (Å²) >= 11 is 0. The van der Waals surface area contributed by atoms with Crippen LogP contribution in [0, 0.1) is 13.8 Å². The molecule has 1 aromatic heterocycles. The first kappa shape index (κ1) is 20.5. The molecule has 5 nitrogen and oxygen atoms in total. The Balaban J connectivity index is 2.23. The van der Waals surface area contributed by atoms with E-state index in [-0.39, 0.29) is 0 Å². The molecule has 0 unspecified atom stereocenters. The molecule has 0 aliphatic carbocycles. The van der Waals surface area contributed by atoms with Gasteiger partial charge in [0, 0.05) is 22.5 Å². The van der Waals surface area contributed by atoms with E-state index in [9.17, 15) is 4.79 Å². The van der Waals surface area contributed by atoms with Crippen LogP contribution in [0.25, 0.3) is 11.1 Å². The Kier molecular flexibility index (Phi) is 5.97. The molecule has 3 aromatic rings. The SMILES string of the molecule is CCc1c(-c2ccc(OC)c(C)c2)c(C(N)=O)c(C)n1Cc1ccccc1OC. The molecule has 2 N–H and O–H groups in total. The van der Waals surface area contributed by atoms with Crippen molar-refractivity contribution in [2.24, 2.45) is 5.73 Å². The summed E-state index contributed by atoms with van der Waals surface area (Å²) in [7, 11) is 3.32. The fourth-order valence-corrected chi connectivity index (χ4v) is 4.03. The lowest BCUT2D eigenvalue weighted by molar-refractivity contribution is 0.1000. The fraction of sp³-hybridized carbons (Fsp3) is 0.292. The van der Waals surface area contributed by atoms with Crippen molar-refractivity contribution >= 4 is 5.91 Å². The quantitative estimate of drug-likeness (QED) is 0.644. The molecule has 0 fully saturated rings. The predicted octanol–water partition coefficient (Wildman–Crippen LogP) is 4.50. The number of benzene rings is 2. The first-order valence-electron chi connectivity index (χ1n) is 9.71. The lowest BCUT2D eigenvalue weighted by Crippen LogP contribution is -2.14. The molecule has 0 aliphatic rings. The number of carbonyl (C=O) groups is 1.